The first-order valence-corrected chi connectivity index (χ1v) is 8.62. The standard InChI is InChI=1S/C19H15N3O2S/c20-19(25)21-22-17(23)15-13-9-5-1-2-6-10(9)14(16(15)18(22)24)12-8-4-3-7-11(12)13/h1-8,13-16H,(H3,20,21,25)/t13?,14?,15-,16-/m0/s1. The zero-order chi connectivity index (χ0) is 17.3. The first-order chi connectivity index (χ1) is 12.1. The number of hydrazine groups is 1. The minimum Gasteiger partial charge on any atom is -0.375 e. The minimum absolute atomic E-state index is 0.0808. The number of hydrogen-bond donors (Lipinski definition) is 2. The SMILES string of the molecule is NC(=S)NN1C(=O)[C@H]2C3c4ccccc4C(c4ccccc43)[C@@H]2C1=O. The summed E-state index contributed by atoms with van der Waals surface area (Å²) in [7, 11) is 0. The zero-order valence-corrected chi connectivity index (χ0v) is 14.0. The Morgan fingerprint density at radius 1 is 0.840 bits per heavy atom. The molecule has 1 fully saturated rings. The number of rotatable bonds is 1. The van der Waals surface area contributed by atoms with Gasteiger partial charge in [-0.2, -0.15) is 5.01 Å². The number of carbonyl (C=O) groups is 2. The molecule has 6 heteroatoms. The van der Waals surface area contributed by atoms with E-state index in [9.17, 15) is 9.59 Å². The Bertz CT molecular complexity index is 842. The van der Waals surface area contributed by atoms with E-state index in [1.54, 1.807) is 0 Å². The molecule has 124 valence electrons. The fourth-order valence-electron chi connectivity index (χ4n) is 4.90. The van der Waals surface area contributed by atoms with E-state index >= 15 is 0 Å². The van der Waals surface area contributed by atoms with Crippen LogP contribution in [-0.2, 0) is 9.59 Å². The fourth-order valence-corrected chi connectivity index (χ4v) is 4.99. The van der Waals surface area contributed by atoms with Gasteiger partial charge in [0.2, 0.25) is 0 Å². The van der Waals surface area contributed by atoms with Crippen molar-refractivity contribution in [3.8, 4) is 0 Å². The van der Waals surface area contributed by atoms with Crippen molar-refractivity contribution in [2.24, 2.45) is 17.6 Å². The third kappa shape index (κ3) is 1.75. The highest BCUT2D eigenvalue weighted by Crippen LogP contribution is 2.60. The summed E-state index contributed by atoms with van der Waals surface area (Å²) >= 11 is 4.84. The van der Waals surface area contributed by atoms with Crippen molar-refractivity contribution < 1.29 is 9.59 Å². The van der Waals surface area contributed by atoms with E-state index in [0.29, 0.717) is 0 Å². The Kier molecular flexibility index (Phi) is 2.86. The van der Waals surface area contributed by atoms with E-state index in [2.05, 4.69) is 29.7 Å². The second kappa shape index (κ2) is 4.89. The molecule has 2 bridgehead atoms. The van der Waals surface area contributed by atoms with Crippen LogP contribution in [0.3, 0.4) is 0 Å². The molecule has 4 aliphatic rings. The van der Waals surface area contributed by atoms with Gasteiger partial charge in [0, 0.05) is 11.8 Å². The van der Waals surface area contributed by atoms with Crippen LogP contribution in [-0.4, -0.2) is 21.9 Å². The Morgan fingerprint density at radius 3 is 1.52 bits per heavy atom. The summed E-state index contributed by atoms with van der Waals surface area (Å²) in [4.78, 5) is 26.0. The molecule has 0 spiro atoms. The maximum absolute atomic E-state index is 13.0. The van der Waals surface area contributed by atoms with Crippen LogP contribution in [0.1, 0.15) is 34.1 Å². The van der Waals surface area contributed by atoms with Gasteiger partial charge in [-0.1, -0.05) is 48.5 Å². The van der Waals surface area contributed by atoms with Gasteiger partial charge in [0.05, 0.1) is 11.8 Å². The lowest BCUT2D eigenvalue weighted by Crippen LogP contribution is -2.48. The molecule has 0 aromatic heterocycles. The highest BCUT2D eigenvalue weighted by molar-refractivity contribution is 7.80. The predicted molar refractivity (Wildman–Crippen MR) is 95.3 cm³/mol. The number of carbonyl (C=O) groups excluding carboxylic acids is 2. The van der Waals surface area contributed by atoms with Crippen LogP contribution in [0.2, 0.25) is 0 Å². The van der Waals surface area contributed by atoms with Crippen LogP contribution in [0.15, 0.2) is 48.5 Å². The second-order valence-electron chi connectivity index (χ2n) is 6.75. The molecule has 6 rings (SSSR count). The molecule has 25 heavy (non-hydrogen) atoms. The maximum Gasteiger partial charge on any atom is 0.253 e. The first-order valence-electron chi connectivity index (χ1n) is 8.21. The smallest absolute Gasteiger partial charge is 0.253 e. The van der Waals surface area contributed by atoms with E-state index in [0.717, 1.165) is 27.3 Å². The fraction of sp³-hybridized carbons (Fsp3) is 0.211. The van der Waals surface area contributed by atoms with Crippen molar-refractivity contribution in [1.82, 2.24) is 10.4 Å². The van der Waals surface area contributed by atoms with Crippen molar-refractivity contribution in [3.63, 3.8) is 0 Å². The molecule has 2 aromatic rings. The highest BCUT2D eigenvalue weighted by Gasteiger charge is 2.61. The number of benzene rings is 2. The monoisotopic (exact) mass is 349 g/mol. The van der Waals surface area contributed by atoms with Gasteiger partial charge >= 0.3 is 0 Å². The molecular formula is C19H15N3O2S. The van der Waals surface area contributed by atoms with Crippen LogP contribution in [0.5, 0.6) is 0 Å². The number of nitrogens with one attached hydrogen (secondary N) is 1. The van der Waals surface area contributed by atoms with Crippen molar-refractivity contribution in [2.75, 3.05) is 0 Å². The van der Waals surface area contributed by atoms with Crippen molar-refractivity contribution >= 4 is 29.1 Å². The lowest BCUT2D eigenvalue weighted by molar-refractivity contribution is -0.142. The molecule has 0 unspecified atom stereocenters. The number of amides is 2. The molecule has 2 aromatic carbocycles. The lowest BCUT2D eigenvalue weighted by Gasteiger charge is -2.45. The van der Waals surface area contributed by atoms with Gasteiger partial charge in [0.25, 0.3) is 11.8 Å². The molecule has 5 nitrogen and oxygen atoms in total. The van der Waals surface area contributed by atoms with E-state index in [1.165, 1.54) is 0 Å². The molecule has 0 radical (unpaired) electrons. The highest BCUT2D eigenvalue weighted by atomic mass is 32.1. The van der Waals surface area contributed by atoms with Gasteiger partial charge in [0.1, 0.15) is 0 Å². The summed E-state index contributed by atoms with van der Waals surface area (Å²) < 4.78 is 0. The largest absolute Gasteiger partial charge is 0.375 e. The Balaban J connectivity index is 1.74. The van der Waals surface area contributed by atoms with Gasteiger partial charge in [-0.15, -0.1) is 0 Å². The van der Waals surface area contributed by atoms with Crippen LogP contribution < -0.4 is 11.2 Å². The molecule has 3 aliphatic carbocycles. The Morgan fingerprint density at radius 2 is 1.20 bits per heavy atom. The second-order valence-corrected chi connectivity index (χ2v) is 7.19. The summed E-state index contributed by atoms with van der Waals surface area (Å²) in [5, 5.41) is 0.942. The normalized spacial score (nSPS) is 28.4. The molecule has 2 atom stereocenters. The number of nitrogens with zero attached hydrogens (tertiary/aromatic N) is 1. The molecule has 1 heterocycles. The predicted octanol–water partition coefficient (Wildman–Crippen LogP) is 1.63. The molecule has 1 aliphatic heterocycles. The van der Waals surface area contributed by atoms with Crippen molar-refractivity contribution in [1.29, 1.82) is 0 Å². The Labute approximate surface area is 149 Å². The Hall–Kier alpha value is -2.73. The number of imide groups is 1. The third-order valence-corrected chi connectivity index (χ3v) is 5.76. The molecule has 0 saturated carbocycles. The summed E-state index contributed by atoms with van der Waals surface area (Å²) in [6, 6.07) is 16.2. The average Bonchev–Trinajstić information content (AvgIpc) is 2.87. The number of hydrogen-bond acceptors (Lipinski definition) is 3. The molecule has 2 amide bonds. The number of thiocarbonyl (C=S) groups is 1. The lowest BCUT2D eigenvalue weighted by atomic mass is 9.55. The van der Waals surface area contributed by atoms with E-state index in [4.69, 9.17) is 18.0 Å². The number of nitrogens with two attached hydrogens (primary N) is 1. The first kappa shape index (κ1) is 14.6. The van der Waals surface area contributed by atoms with Gasteiger partial charge in [-0.25, -0.2) is 0 Å². The molecular weight excluding hydrogens is 334 g/mol. The van der Waals surface area contributed by atoms with Gasteiger partial charge in [0.15, 0.2) is 5.11 Å². The van der Waals surface area contributed by atoms with Gasteiger partial charge < -0.3 is 5.73 Å². The van der Waals surface area contributed by atoms with E-state index in [-0.39, 0.29) is 28.8 Å². The van der Waals surface area contributed by atoms with Crippen LogP contribution in [0.25, 0.3) is 0 Å². The summed E-state index contributed by atoms with van der Waals surface area (Å²) in [6.07, 6.45) is 0. The van der Waals surface area contributed by atoms with E-state index in [1.807, 2.05) is 24.3 Å². The average molecular weight is 349 g/mol. The molecule has 3 N–H and O–H groups in total. The summed E-state index contributed by atoms with van der Waals surface area (Å²) in [6.45, 7) is 0. The maximum atomic E-state index is 13.0. The van der Waals surface area contributed by atoms with Gasteiger partial charge in [-0.05, 0) is 34.5 Å². The van der Waals surface area contributed by atoms with E-state index < -0.39 is 11.8 Å². The van der Waals surface area contributed by atoms with Crippen LogP contribution in [0, 0.1) is 11.8 Å². The van der Waals surface area contributed by atoms with Crippen LogP contribution >= 0.6 is 12.2 Å². The summed E-state index contributed by atoms with van der Waals surface area (Å²) in [5.74, 6) is -1.55. The minimum atomic E-state index is -0.413. The quantitative estimate of drug-likeness (QED) is 0.605. The van der Waals surface area contributed by atoms with Gasteiger partial charge in [-0.3, -0.25) is 15.0 Å². The van der Waals surface area contributed by atoms with Crippen molar-refractivity contribution in [3.05, 3.63) is 70.8 Å². The van der Waals surface area contributed by atoms with Crippen LogP contribution in [0.4, 0.5) is 0 Å². The summed E-state index contributed by atoms with van der Waals surface area (Å²) in [5.41, 5.74) is 12.7. The zero-order valence-electron chi connectivity index (χ0n) is 13.2. The van der Waals surface area contributed by atoms with Crippen molar-refractivity contribution in [2.45, 2.75) is 11.8 Å². The topological polar surface area (TPSA) is 75.4 Å². The third-order valence-electron chi connectivity index (χ3n) is 5.67. The molecule has 1 saturated heterocycles.